The highest BCUT2D eigenvalue weighted by molar-refractivity contribution is 5.22. The predicted octanol–water partition coefficient (Wildman–Crippen LogP) is 2.34. The molecule has 0 aliphatic heterocycles. The van der Waals surface area contributed by atoms with E-state index in [-0.39, 0.29) is 17.6 Å². The fraction of sp³-hybridized carbons (Fsp3) is 0.182. The highest BCUT2D eigenvalue weighted by Gasteiger charge is 2.12. The third-order valence-corrected chi connectivity index (χ3v) is 2.34. The van der Waals surface area contributed by atoms with Crippen molar-refractivity contribution in [2.75, 3.05) is 0 Å². The molecule has 0 spiro atoms. The van der Waals surface area contributed by atoms with Gasteiger partial charge in [0.1, 0.15) is 5.82 Å². The normalized spacial score (nSPS) is 12.7. The van der Waals surface area contributed by atoms with Gasteiger partial charge in [-0.05, 0) is 13.0 Å². The molecule has 1 N–H and O–H groups in total. The van der Waals surface area contributed by atoms with Crippen molar-refractivity contribution in [1.82, 2.24) is 9.78 Å². The highest BCUT2D eigenvalue weighted by atomic mass is 19.1. The highest BCUT2D eigenvalue weighted by Crippen LogP contribution is 2.21. The van der Waals surface area contributed by atoms with E-state index in [0.29, 0.717) is 5.56 Å². The molecule has 1 aromatic heterocycles. The minimum Gasteiger partial charge on any atom is -0.505 e. The lowest BCUT2D eigenvalue weighted by Crippen LogP contribution is -2.08. The summed E-state index contributed by atoms with van der Waals surface area (Å²) in [5.74, 6) is -0.182. The maximum atomic E-state index is 13.4. The third kappa shape index (κ3) is 1.83. The van der Waals surface area contributed by atoms with Gasteiger partial charge >= 0.3 is 0 Å². The van der Waals surface area contributed by atoms with E-state index in [1.54, 1.807) is 18.2 Å². The summed E-state index contributed by atoms with van der Waals surface area (Å²) < 4.78 is 15.0. The van der Waals surface area contributed by atoms with E-state index in [4.69, 9.17) is 5.11 Å². The number of benzene rings is 1. The van der Waals surface area contributed by atoms with Crippen molar-refractivity contribution < 1.29 is 9.50 Å². The lowest BCUT2D eigenvalue weighted by molar-refractivity contribution is 0.470. The molecular weight excluding hydrogens is 195 g/mol. The lowest BCUT2D eigenvalue weighted by Gasteiger charge is -2.12. The molecule has 15 heavy (non-hydrogen) atoms. The van der Waals surface area contributed by atoms with Crippen molar-refractivity contribution in [2.24, 2.45) is 0 Å². The first-order chi connectivity index (χ1) is 7.18. The second-order valence-electron chi connectivity index (χ2n) is 3.38. The molecule has 0 saturated heterocycles. The first-order valence-corrected chi connectivity index (χ1v) is 4.66. The van der Waals surface area contributed by atoms with Crippen LogP contribution in [0.1, 0.15) is 18.5 Å². The predicted molar refractivity (Wildman–Crippen MR) is 54.1 cm³/mol. The smallest absolute Gasteiger partial charge is 0.153 e. The summed E-state index contributed by atoms with van der Waals surface area (Å²) in [6, 6.07) is 6.31. The first-order valence-electron chi connectivity index (χ1n) is 4.66. The standard InChI is InChI=1S/C11H11FN2O/c1-8(14-7-9(15)6-13-14)10-4-2-3-5-11(10)12/h2-8,15H,1H3/t8-/m0/s1. The molecule has 0 amide bonds. The molecule has 0 fully saturated rings. The molecule has 1 heterocycles. The average Bonchev–Trinajstić information content (AvgIpc) is 2.65. The molecule has 2 aromatic rings. The Morgan fingerprint density at radius 3 is 2.73 bits per heavy atom. The monoisotopic (exact) mass is 206 g/mol. The van der Waals surface area contributed by atoms with Crippen LogP contribution in [0.2, 0.25) is 0 Å². The van der Waals surface area contributed by atoms with Crippen LogP contribution < -0.4 is 0 Å². The Morgan fingerprint density at radius 2 is 2.13 bits per heavy atom. The van der Waals surface area contributed by atoms with Gasteiger partial charge in [0.05, 0.1) is 18.4 Å². The molecule has 2 rings (SSSR count). The fourth-order valence-corrected chi connectivity index (χ4v) is 1.50. The molecular formula is C11H11FN2O. The number of rotatable bonds is 2. The summed E-state index contributed by atoms with van der Waals surface area (Å²) >= 11 is 0. The molecule has 0 aliphatic rings. The maximum Gasteiger partial charge on any atom is 0.153 e. The van der Waals surface area contributed by atoms with E-state index in [1.165, 1.54) is 23.1 Å². The van der Waals surface area contributed by atoms with Gasteiger partial charge in [0.2, 0.25) is 0 Å². The van der Waals surface area contributed by atoms with Crippen LogP contribution in [0.25, 0.3) is 0 Å². The molecule has 4 heteroatoms. The van der Waals surface area contributed by atoms with Crippen molar-refractivity contribution in [3.8, 4) is 5.75 Å². The number of hydrogen-bond donors (Lipinski definition) is 1. The van der Waals surface area contributed by atoms with Crippen molar-refractivity contribution >= 4 is 0 Å². The Morgan fingerprint density at radius 1 is 1.40 bits per heavy atom. The van der Waals surface area contributed by atoms with Gasteiger partial charge in [0.25, 0.3) is 0 Å². The summed E-state index contributed by atoms with van der Waals surface area (Å²) in [5, 5.41) is 13.1. The molecule has 3 nitrogen and oxygen atoms in total. The van der Waals surface area contributed by atoms with Gasteiger partial charge in [0, 0.05) is 5.56 Å². The largest absolute Gasteiger partial charge is 0.505 e. The Bertz CT molecular complexity index is 467. The maximum absolute atomic E-state index is 13.4. The van der Waals surface area contributed by atoms with Gasteiger partial charge in [-0.3, -0.25) is 4.68 Å². The van der Waals surface area contributed by atoms with Crippen LogP contribution in [0.3, 0.4) is 0 Å². The molecule has 0 saturated carbocycles. The third-order valence-electron chi connectivity index (χ3n) is 2.34. The summed E-state index contributed by atoms with van der Waals surface area (Å²) in [4.78, 5) is 0. The molecule has 0 bridgehead atoms. The van der Waals surface area contributed by atoms with Crippen molar-refractivity contribution in [1.29, 1.82) is 0 Å². The molecule has 0 radical (unpaired) electrons. The zero-order valence-electron chi connectivity index (χ0n) is 8.26. The van der Waals surface area contributed by atoms with Crippen molar-refractivity contribution in [3.63, 3.8) is 0 Å². The average molecular weight is 206 g/mol. The summed E-state index contributed by atoms with van der Waals surface area (Å²) in [5.41, 5.74) is 0.556. The molecule has 0 aliphatic carbocycles. The van der Waals surface area contributed by atoms with Crippen LogP contribution in [0, 0.1) is 5.82 Å². The summed E-state index contributed by atoms with van der Waals surface area (Å²) in [6.07, 6.45) is 2.80. The fourth-order valence-electron chi connectivity index (χ4n) is 1.50. The minimum absolute atomic E-state index is 0.0817. The summed E-state index contributed by atoms with van der Waals surface area (Å²) in [7, 11) is 0. The number of aromatic nitrogens is 2. The van der Waals surface area contributed by atoms with Crippen LogP contribution in [0.15, 0.2) is 36.7 Å². The zero-order chi connectivity index (χ0) is 10.8. The Hall–Kier alpha value is -1.84. The van der Waals surface area contributed by atoms with E-state index in [9.17, 15) is 4.39 Å². The molecule has 1 atom stereocenters. The van der Waals surface area contributed by atoms with Crippen LogP contribution in [0.4, 0.5) is 4.39 Å². The van der Waals surface area contributed by atoms with Crippen LogP contribution in [0.5, 0.6) is 5.75 Å². The van der Waals surface area contributed by atoms with E-state index in [1.807, 2.05) is 6.92 Å². The number of nitrogens with zero attached hydrogens (tertiary/aromatic N) is 2. The molecule has 1 aromatic carbocycles. The second-order valence-corrected chi connectivity index (χ2v) is 3.38. The van der Waals surface area contributed by atoms with E-state index >= 15 is 0 Å². The first kappa shape index (κ1) is 9.71. The minimum atomic E-state index is -0.264. The van der Waals surface area contributed by atoms with E-state index in [0.717, 1.165) is 0 Å². The number of hydrogen-bond acceptors (Lipinski definition) is 2. The van der Waals surface area contributed by atoms with Gasteiger partial charge < -0.3 is 5.11 Å². The van der Waals surface area contributed by atoms with E-state index < -0.39 is 0 Å². The van der Waals surface area contributed by atoms with Gasteiger partial charge in [-0.1, -0.05) is 18.2 Å². The van der Waals surface area contributed by atoms with Crippen molar-refractivity contribution in [2.45, 2.75) is 13.0 Å². The van der Waals surface area contributed by atoms with Crippen LogP contribution >= 0.6 is 0 Å². The lowest BCUT2D eigenvalue weighted by atomic mass is 10.1. The van der Waals surface area contributed by atoms with Crippen LogP contribution in [-0.4, -0.2) is 14.9 Å². The summed E-state index contributed by atoms with van der Waals surface area (Å²) in [6.45, 7) is 1.82. The number of aromatic hydroxyl groups is 1. The molecule has 0 unspecified atom stereocenters. The van der Waals surface area contributed by atoms with Gasteiger partial charge in [-0.2, -0.15) is 5.10 Å². The van der Waals surface area contributed by atoms with Crippen LogP contribution in [-0.2, 0) is 0 Å². The van der Waals surface area contributed by atoms with Gasteiger partial charge in [0.15, 0.2) is 5.75 Å². The Balaban J connectivity index is 2.36. The second kappa shape index (κ2) is 3.73. The Labute approximate surface area is 86.8 Å². The van der Waals surface area contributed by atoms with E-state index in [2.05, 4.69) is 5.10 Å². The SMILES string of the molecule is C[C@@H](c1ccccc1F)n1cc(O)cn1. The van der Waals surface area contributed by atoms with Crippen molar-refractivity contribution in [3.05, 3.63) is 48.0 Å². The molecule has 78 valence electrons. The zero-order valence-corrected chi connectivity index (χ0v) is 8.26. The van der Waals surface area contributed by atoms with Gasteiger partial charge in [-0.15, -0.1) is 0 Å². The Kier molecular flexibility index (Phi) is 2.41. The quantitative estimate of drug-likeness (QED) is 0.818. The topological polar surface area (TPSA) is 38.0 Å². The number of halogens is 1. The van der Waals surface area contributed by atoms with Gasteiger partial charge in [-0.25, -0.2) is 4.39 Å².